The Morgan fingerprint density at radius 3 is 2.95 bits per heavy atom. The molecule has 1 N–H and O–H groups in total. The molecule has 0 spiro atoms. The second kappa shape index (κ2) is 5.89. The predicted molar refractivity (Wildman–Crippen MR) is 80.5 cm³/mol. The average Bonchev–Trinajstić information content (AvgIpc) is 3.15. The van der Waals surface area contributed by atoms with Crippen LogP contribution in [0.2, 0.25) is 0 Å². The van der Waals surface area contributed by atoms with Crippen molar-refractivity contribution in [3.05, 3.63) is 46.7 Å². The molecular weight excluding hydrogens is 273 g/mol. The Morgan fingerprint density at radius 2 is 2.20 bits per heavy atom. The Bertz CT molecular complexity index is 580. The maximum atomic E-state index is 13.6. The number of anilines is 1. The Morgan fingerprint density at radius 1 is 1.40 bits per heavy atom. The number of aromatic nitrogens is 1. The van der Waals surface area contributed by atoms with Gasteiger partial charge in [-0.05, 0) is 18.9 Å². The van der Waals surface area contributed by atoms with Gasteiger partial charge >= 0.3 is 0 Å². The number of halogens is 1. The van der Waals surface area contributed by atoms with E-state index in [0.29, 0.717) is 18.2 Å². The predicted octanol–water partition coefficient (Wildman–Crippen LogP) is 3.17. The van der Waals surface area contributed by atoms with Crippen molar-refractivity contribution in [2.24, 2.45) is 0 Å². The first-order valence-corrected chi connectivity index (χ1v) is 7.66. The summed E-state index contributed by atoms with van der Waals surface area (Å²) in [5.74, 6) is -0.161. The van der Waals surface area contributed by atoms with Gasteiger partial charge in [0.05, 0.1) is 0 Å². The van der Waals surface area contributed by atoms with Crippen molar-refractivity contribution in [2.45, 2.75) is 32.0 Å². The van der Waals surface area contributed by atoms with E-state index in [2.05, 4.69) is 10.3 Å². The van der Waals surface area contributed by atoms with Gasteiger partial charge < -0.3 is 10.2 Å². The number of hydrogen-bond donors (Lipinski definition) is 1. The third-order valence-corrected chi connectivity index (χ3v) is 4.49. The monoisotopic (exact) mass is 291 g/mol. The van der Waals surface area contributed by atoms with Crippen LogP contribution in [-0.2, 0) is 13.1 Å². The number of benzene rings is 1. The van der Waals surface area contributed by atoms with Crippen LogP contribution >= 0.6 is 11.3 Å². The topological polar surface area (TPSA) is 28.2 Å². The minimum absolute atomic E-state index is 0.161. The van der Waals surface area contributed by atoms with Gasteiger partial charge in [0, 0.05) is 42.8 Å². The van der Waals surface area contributed by atoms with Crippen molar-refractivity contribution in [3.8, 4) is 0 Å². The molecule has 2 aromatic rings. The maximum absolute atomic E-state index is 13.6. The van der Waals surface area contributed by atoms with Gasteiger partial charge in [-0.3, -0.25) is 0 Å². The van der Waals surface area contributed by atoms with E-state index in [1.165, 1.54) is 23.8 Å². The van der Waals surface area contributed by atoms with Gasteiger partial charge in [-0.2, -0.15) is 0 Å². The lowest BCUT2D eigenvalue weighted by molar-refractivity contribution is 0.608. The molecular formula is C15H18FN3S. The van der Waals surface area contributed by atoms with Crippen molar-refractivity contribution in [3.63, 3.8) is 0 Å². The molecule has 1 saturated carbocycles. The molecule has 1 fully saturated rings. The Kier molecular flexibility index (Phi) is 3.98. The van der Waals surface area contributed by atoms with E-state index in [1.807, 2.05) is 30.3 Å². The van der Waals surface area contributed by atoms with E-state index in [1.54, 1.807) is 17.4 Å². The average molecular weight is 291 g/mol. The third-order valence-electron chi connectivity index (χ3n) is 3.38. The SMILES string of the molecule is CN(Cc1ccccc1F)c1ncc(CNC2CC2)s1. The van der Waals surface area contributed by atoms with Crippen molar-refractivity contribution in [2.75, 3.05) is 11.9 Å². The molecule has 1 aromatic carbocycles. The molecule has 1 aliphatic rings. The van der Waals surface area contributed by atoms with Crippen LogP contribution in [0.15, 0.2) is 30.5 Å². The highest BCUT2D eigenvalue weighted by molar-refractivity contribution is 7.15. The fraction of sp³-hybridized carbons (Fsp3) is 0.400. The fourth-order valence-corrected chi connectivity index (χ4v) is 2.86. The summed E-state index contributed by atoms with van der Waals surface area (Å²) in [7, 11) is 1.95. The van der Waals surface area contributed by atoms with E-state index >= 15 is 0 Å². The second-order valence-electron chi connectivity index (χ2n) is 5.21. The van der Waals surface area contributed by atoms with Crippen molar-refractivity contribution < 1.29 is 4.39 Å². The second-order valence-corrected chi connectivity index (χ2v) is 6.31. The molecule has 3 rings (SSSR count). The van der Waals surface area contributed by atoms with Gasteiger partial charge in [-0.15, -0.1) is 11.3 Å². The largest absolute Gasteiger partial charge is 0.347 e. The minimum atomic E-state index is -0.161. The molecule has 0 aliphatic heterocycles. The summed E-state index contributed by atoms with van der Waals surface area (Å²) in [4.78, 5) is 7.64. The Labute approximate surface area is 122 Å². The highest BCUT2D eigenvalue weighted by atomic mass is 32.1. The highest BCUT2D eigenvalue weighted by Gasteiger charge is 2.20. The van der Waals surface area contributed by atoms with Crippen molar-refractivity contribution in [1.82, 2.24) is 10.3 Å². The summed E-state index contributed by atoms with van der Waals surface area (Å²) >= 11 is 1.67. The van der Waals surface area contributed by atoms with Gasteiger partial charge in [0.25, 0.3) is 0 Å². The normalized spacial score (nSPS) is 14.5. The van der Waals surface area contributed by atoms with Crippen LogP contribution in [0.4, 0.5) is 9.52 Å². The molecule has 0 radical (unpaired) electrons. The number of nitrogens with zero attached hydrogens (tertiary/aromatic N) is 2. The van der Waals surface area contributed by atoms with Crippen LogP contribution in [-0.4, -0.2) is 18.1 Å². The molecule has 0 amide bonds. The van der Waals surface area contributed by atoms with Gasteiger partial charge in [0.15, 0.2) is 5.13 Å². The molecule has 1 heterocycles. The third kappa shape index (κ3) is 3.35. The summed E-state index contributed by atoms with van der Waals surface area (Å²) in [6.07, 6.45) is 4.49. The Balaban J connectivity index is 1.61. The molecule has 3 nitrogen and oxygen atoms in total. The van der Waals surface area contributed by atoms with Crippen LogP contribution in [0.25, 0.3) is 0 Å². The molecule has 5 heteroatoms. The summed E-state index contributed by atoms with van der Waals surface area (Å²) in [5.41, 5.74) is 0.697. The quantitative estimate of drug-likeness (QED) is 0.886. The van der Waals surface area contributed by atoms with E-state index in [0.717, 1.165) is 11.7 Å². The van der Waals surface area contributed by atoms with Crippen LogP contribution in [0.1, 0.15) is 23.3 Å². The maximum Gasteiger partial charge on any atom is 0.185 e. The first kappa shape index (κ1) is 13.5. The number of rotatable bonds is 6. The van der Waals surface area contributed by atoms with Crippen LogP contribution < -0.4 is 10.2 Å². The van der Waals surface area contributed by atoms with Crippen molar-refractivity contribution >= 4 is 16.5 Å². The van der Waals surface area contributed by atoms with Crippen LogP contribution in [0.3, 0.4) is 0 Å². The fourth-order valence-electron chi connectivity index (χ4n) is 2.04. The summed E-state index contributed by atoms with van der Waals surface area (Å²) in [6.45, 7) is 1.42. The lowest BCUT2D eigenvalue weighted by atomic mass is 10.2. The molecule has 0 bridgehead atoms. The van der Waals surface area contributed by atoms with Gasteiger partial charge in [-0.1, -0.05) is 18.2 Å². The zero-order valence-electron chi connectivity index (χ0n) is 11.5. The molecule has 106 valence electrons. The van der Waals surface area contributed by atoms with E-state index < -0.39 is 0 Å². The molecule has 0 unspecified atom stereocenters. The van der Waals surface area contributed by atoms with E-state index in [9.17, 15) is 4.39 Å². The highest BCUT2D eigenvalue weighted by Crippen LogP contribution is 2.25. The van der Waals surface area contributed by atoms with E-state index in [-0.39, 0.29) is 5.82 Å². The Hall–Kier alpha value is -1.46. The molecule has 0 atom stereocenters. The minimum Gasteiger partial charge on any atom is -0.347 e. The zero-order chi connectivity index (χ0) is 13.9. The molecule has 1 aromatic heterocycles. The van der Waals surface area contributed by atoms with Gasteiger partial charge in [-0.25, -0.2) is 9.37 Å². The van der Waals surface area contributed by atoms with Crippen molar-refractivity contribution in [1.29, 1.82) is 0 Å². The smallest absolute Gasteiger partial charge is 0.185 e. The molecule has 0 saturated heterocycles. The number of thiazole rings is 1. The molecule has 20 heavy (non-hydrogen) atoms. The number of hydrogen-bond acceptors (Lipinski definition) is 4. The standard InChI is InChI=1S/C15H18FN3S/c1-19(10-11-4-2-3-5-14(11)16)15-18-9-13(20-15)8-17-12-6-7-12/h2-5,9,12,17H,6-8,10H2,1H3. The summed E-state index contributed by atoms with van der Waals surface area (Å²) in [6, 6.07) is 7.59. The number of nitrogens with one attached hydrogen (secondary N) is 1. The first-order valence-electron chi connectivity index (χ1n) is 6.85. The molecule has 1 aliphatic carbocycles. The van der Waals surface area contributed by atoms with Crippen LogP contribution in [0, 0.1) is 5.82 Å². The van der Waals surface area contributed by atoms with Gasteiger partial charge in [0.2, 0.25) is 0 Å². The lowest BCUT2D eigenvalue weighted by Crippen LogP contribution is -2.16. The van der Waals surface area contributed by atoms with E-state index in [4.69, 9.17) is 0 Å². The first-order chi connectivity index (χ1) is 9.72. The van der Waals surface area contributed by atoms with Crippen LogP contribution in [0.5, 0.6) is 0 Å². The van der Waals surface area contributed by atoms with Gasteiger partial charge in [0.1, 0.15) is 5.82 Å². The lowest BCUT2D eigenvalue weighted by Gasteiger charge is -2.16. The summed E-state index contributed by atoms with van der Waals surface area (Å²) < 4.78 is 13.6. The summed E-state index contributed by atoms with van der Waals surface area (Å²) in [5, 5.41) is 4.41. The zero-order valence-corrected chi connectivity index (χ0v) is 12.3.